The monoisotopic (exact) mass is 284 g/mol. The van der Waals surface area contributed by atoms with Gasteiger partial charge >= 0.3 is 0 Å². The summed E-state index contributed by atoms with van der Waals surface area (Å²) < 4.78 is 1.83. The van der Waals surface area contributed by atoms with E-state index >= 15 is 0 Å². The molecule has 1 atom stereocenters. The van der Waals surface area contributed by atoms with Gasteiger partial charge in [0.15, 0.2) is 5.65 Å². The first-order chi connectivity index (χ1) is 10.1. The summed E-state index contributed by atoms with van der Waals surface area (Å²) in [5, 5.41) is 13.7. The fraction of sp³-hybridized carbons (Fsp3) is 0.533. The number of anilines is 2. The van der Waals surface area contributed by atoms with Crippen molar-refractivity contribution in [3.8, 4) is 6.07 Å². The molecule has 0 spiro atoms. The molecule has 0 radical (unpaired) electrons. The van der Waals surface area contributed by atoms with Crippen LogP contribution in [0.2, 0.25) is 0 Å². The van der Waals surface area contributed by atoms with Crippen LogP contribution in [0.3, 0.4) is 0 Å². The highest BCUT2D eigenvalue weighted by Crippen LogP contribution is 2.36. The molecular formula is C15H20N6. The van der Waals surface area contributed by atoms with E-state index in [1.54, 1.807) is 6.20 Å². The number of hydrogen-bond donors (Lipinski definition) is 0. The first-order valence-electron chi connectivity index (χ1n) is 7.33. The third kappa shape index (κ3) is 1.92. The maximum absolute atomic E-state index is 9.25. The summed E-state index contributed by atoms with van der Waals surface area (Å²) in [6.07, 6.45) is 3.65. The highest BCUT2D eigenvalue weighted by molar-refractivity contribution is 5.71. The van der Waals surface area contributed by atoms with Crippen molar-refractivity contribution in [2.75, 3.05) is 30.4 Å². The molecule has 0 amide bonds. The minimum Gasteiger partial charge on any atom is -0.362 e. The van der Waals surface area contributed by atoms with Crippen molar-refractivity contribution in [2.24, 2.45) is 0 Å². The molecule has 0 aliphatic carbocycles. The molecular weight excluding hydrogens is 264 g/mol. The van der Waals surface area contributed by atoms with Gasteiger partial charge in [-0.15, -0.1) is 0 Å². The molecule has 0 saturated carbocycles. The maximum atomic E-state index is 9.25. The molecule has 0 fully saturated rings. The van der Waals surface area contributed by atoms with E-state index in [0.717, 1.165) is 31.0 Å². The van der Waals surface area contributed by atoms with E-state index < -0.39 is 0 Å². The molecule has 2 aromatic rings. The van der Waals surface area contributed by atoms with Gasteiger partial charge in [0, 0.05) is 32.2 Å². The van der Waals surface area contributed by atoms with E-state index in [4.69, 9.17) is 0 Å². The normalized spacial score (nSPS) is 15.1. The highest BCUT2D eigenvalue weighted by Gasteiger charge is 2.30. The topological polar surface area (TPSA) is 60.5 Å². The summed E-state index contributed by atoms with van der Waals surface area (Å²) in [4.78, 5) is 9.08. The van der Waals surface area contributed by atoms with E-state index in [0.29, 0.717) is 17.3 Å². The summed E-state index contributed by atoms with van der Waals surface area (Å²) in [5.41, 5.74) is 2.40. The van der Waals surface area contributed by atoms with Crippen LogP contribution >= 0.6 is 0 Å². The number of fused-ring (bicyclic) bond motifs is 3. The average molecular weight is 284 g/mol. The quantitative estimate of drug-likeness (QED) is 0.860. The third-order valence-corrected chi connectivity index (χ3v) is 4.24. The summed E-state index contributed by atoms with van der Waals surface area (Å²) in [6.45, 7) is 5.40. The molecule has 21 heavy (non-hydrogen) atoms. The van der Waals surface area contributed by atoms with E-state index in [1.807, 2.05) is 23.5 Å². The minimum absolute atomic E-state index is 0.446. The van der Waals surface area contributed by atoms with Gasteiger partial charge in [-0.1, -0.05) is 6.92 Å². The standard InChI is InChI=1S/C15H20N6/c1-5-10(2)20-7-6-12-14(19(3)4)18-13-11(8-16)9-17-21(13)15(12)20/h9-10H,5-7H2,1-4H3. The van der Waals surface area contributed by atoms with Crippen LogP contribution in [0.4, 0.5) is 11.6 Å². The minimum atomic E-state index is 0.446. The zero-order chi connectivity index (χ0) is 15.1. The first kappa shape index (κ1) is 13.7. The number of rotatable bonds is 3. The van der Waals surface area contributed by atoms with E-state index in [2.05, 4.69) is 34.9 Å². The van der Waals surface area contributed by atoms with Crippen molar-refractivity contribution in [1.29, 1.82) is 5.26 Å². The van der Waals surface area contributed by atoms with Crippen molar-refractivity contribution < 1.29 is 0 Å². The molecule has 3 rings (SSSR count). The summed E-state index contributed by atoms with van der Waals surface area (Å²) in [6, 6.07) is 2.63. The van der Waals surface area contributed by atoms with Gasteiger partial charge in [-0.2, -0.15) is 14.9 Å². The Kier molecular flexibility index (Phi) is 3.20. The highest BCUT2D eigenvalue weighted by atomic mass is 15.4. The molecule has 3 heterocycles. The summed E-state index contributed by atoms with van der Waals surface area (Å²) in [7, 11) is 3.99. The van der Waals surface area contributed by atoms with Gasteiger partial charge in [0.25, 0.3) is 0 Å². The number of nitriles is 1. The second kappa shape index (κ2) is 4.92. The van der Waals surface area contributed by atoms with Crippen molar-refractivity contribution in [2.45, 2.75) is 32.7 Å². The fourth-order valence-electron chi connectivity index (χ4n) is 2.96. The maximum Gasteiger partial charge on any atom is 0.177 e. The van der Waals surface area contributed by atoms with Crippen LogP contribution in [0.15, 0.2) is 6.20 Å². The van der Waals surface area contributed by atoms with Crippen molar-refractivity contribution >= 4 is 17.3 Å². The molecule has 6 heteroatoms. The van der Waals surface area contributed by atoms with Crippen LogP contribution in [-0.4, -0.2) is 41.3 Å². The Morgan fingerprint density at radius 1 is 1.48 bits per heavy atom. The zero-order valence-electron chi connectivity index (χ0n) is 13.0. The molecule has 0 N–H and O–H groups in total. The van der Waals surface area contributed by atoms with E-state index in [1.165, 1.54) is 5.56 Å². The lowest BCUT2D eigenvalue weighted by Crippen LogP contribution is -2.32. The van der Waals surface area contributed by atoms with Gasteiger partial charge in [-0.05, 0) is 19.8 Å². The summed E-state index contributed by atoms with van der Waals surface area (Å²) >= 11 is 0. The van der Waals surface area contributed by atoms with Crippen LogP contribution in [0.1, 0.15) is 31.4 Å². The van der Waals surface area contributed by atoms with Gasteiger partial charge in [0.05, 0.1) is 6.20 Å². The predicted octanol–water partition coefficient (Wildman–Crippen LogP) is 1.83. The Hall–Kier alpha value is -2.29. The molecule has 1 unspecified atom stereocenters. The van der Waals surface area contributed by atoms with Gasteiger partial charge in [0.1, 0.15) is 23.3 Å². The largest absolute Gasteiger partial charge is 0.362 e. The Labute approximate surface area is 124 Å². The Morgan fingerprint density at radius 2 is 2.24 bits per heavy atom. The molecule has 0 saturated heterocycles. The lowest BCUT2D eigenvalue weighted by atomic mass is 10.2. The lowest BCUT2D eigenvalue weighted by Gasteiger charge is -2.27. The van der Waals surface area contributed by atoms with Crippen LogP contribution in [-0.2, 0) is 6.42 Å². The average Bonchev–Trinajstić information content (AvgIpc) is 3.08. The molecule has 0 aromatic carbocycles. The van der Waals surface area contributed by atoms with Crippen molar-refractivity contribution in [3.05, 3.63) is 17.3 Å². The smallest absolute Gasteiger partial charge is 0.177 e. The number of nitrogens with zero attached hydrogens (tertiary/aromatic N) is 6. The fourth-order valence-corrected chi connectivity index (χ4v) is 2.96. The van der Waals surface area contributed by atoms with Crippen LogP contribution in [0.25, 0.3) is 5.65 Å². The Balaban J connectivity index is 2.31. The first-order valence-corrected chi connectivity index (χ1v) is 7.33. The Bertz CT molecular complexity index is 724. The molecule has 110 valence electrons. The van der Waals surface area contributed by atoms with Crippen molar-refractivity contribution in [3.63, 3.8) is 0 Å². The molecule has 0 bridgehead atoms. The lowest BCUT2D eigenvalue weighted by molar-refractivity contribution is 0.623. The van der Waals surface area contributed by atoms with Crippen LogP contribution in [0.5, 0.6) is 0 Å². The zero-order valence-corrected chi connectivity index (χ0v) is 13.0. The van der Waals surface area contributed by atoms with Gasteiger partial charge in [-0.3, -0.25) is 0 Å². The predicted molar refractivity (Wildman–Crippen MR) is 82.8 cm³/mol. The summed E-state index contributed by atoms with van der Waals surface area (Å²) in [5.74, 6) is 2.04. The SMILES string of the molecule is CCC(C)N1CCc2c(N(C)C)nc3c(C#N)cnn3c21. The van der Waals surface area contributed by atoms with E-state index in [-0.39, 0.29) is 0 Å². The van der Waals surface area contributed by atoms with Gasteiger partial charge < -0.3 is 9.80 Å². The molecule has 2 aromatic heterocycles. The van der Waals surface area contributed by atoms with Gasteiger partial charge in [-0.25, -0.2) is 4.98 Å². The Morgan fingerprint density at radius 3 is 2.86 bits per heavy atom. The molecule has 1 aliphatic rings. The third-order valence-electron chi connectivity index (χ3n) is 4.24. The van der Waals surface area contributed by atoms with E-state index in [9.17, 15) is 5.26 Å². The van der Waals surface area contributed by atoms with Crippen molar-refractivity contribution in [1.82, 2.24) is 14.6 Å². The second-order valence-electron chi connectivity index (χ2n) is 5.74. The van der Waals surface area contributed by atoms with Crippen LogP contribution < -0.4 is 9.80 Å². The molecule has 6 nitrogen and oxygen atoms in total. The van der Waals surface area contributed by atoms with Gasteiger partial charge in [0.2, 0.25) is 0 Å². The second-order valence-corrected chi connectivity index (χ2v) is 5.74. The van der Waals surface area contributed by atoms with Crippen LogP contribution in [0, 0.1) is 11.3 Å². The number of aromatic nitrogens is 3. The number of hydrogen-bond acceptors (Lipinski definition) is 5. The molecule has 1 aliphatic heterocycles.